The largest absolute Gasteiger partial charge is 0.508 e. The molecule has 0 unspecified atom stereocenters. The summed E-state index contributed by atoms with van der Waals surface area (Å²) in [5.74, 6) is -14.1. The minimum Gasteiger partial charge on any atom is -0.508 e. The van der Waals surface area contributed by atoms with Crippen molar-refractivity contribution in [3.8, 4) is 5.75 Å². The molecule has 0 spiro atoms. The quantitative estimate of drug-likeness (QED) is 0.0241. The van der Waals surface area contributed by atoms with Crippen LogP contribution in [-0.2, 0) is 70.3 Å². The molecule has 0 aliphatic rings. The standard InChI is InChI=1S/C47H62N8O21S2/c1-25(21-27-8-10-28(56)11-9-27)7-15-37(59)54-55-47(75)76-19-20-77-78-24-34(45(72)73)51-40(64)32(22-26-5-3-2-4-6-26)50-41(65)33(23-39(62)63)49-36(58)16-12-29(42(66)67)48-35(57)17-13-30(43(68)69)52-46(74)53-31(44(70)71)14-18-38(60)61/h2-6,8-11,25,29-34,56H,7,12-24H2,1H3,(H,48,57)(H,49,58)(H,50,65)(H,51,64)(H,54,59)(H,55,75)(H,60,61)(H,62,63)(H,66,67)(H,68,69)(H,70,71)(H,72,73)(H2,52,53,74)/t25-,29+,30+,31+,32+,33+,34+/m1/s1. The van der Waals surface area contributed by atoms with Crippen molar-refractivity contribution < 1.29 is 103 Å². The van der Waals surface area contributed by atoms with Crippen LogP contribution in [0.25, 0.3) is 0 Å². The average Bonchev–Trinajstić information content (AvgIpc) is 3.36. The first-order chi connectivity index (χ1) is 36.8. The Kier molecular flexibility index (Phi) is 29.6. The summed E-state index contributed by atoms with van der Waals surface area (Å²) < 4.78 is 5.02. The third-order valence-corrected chi connectivity index (χ3v) is 13.2. The van der Waals surface area contributed by atoms with Gasteiger partial charge in [-0.1, -0.05) is 71.0 Å². The van der Waals surface area contributed by atoms with Crippen LogP contribution in [0.5, 0.6) is 5.75 Å². The molecule has 0 radical (unpaired) electrons. The molecular weight excluding hydrogens is 1080 g/mol. The Labute approximate surface area is 452 Å². The van der Waals surface area contributed by atoms with E-state index in [1.807, 2.05) is 17.6 Å². The molecule has 0 fully saturated rings. The van der Waals surface area contributed by atoms with Gasteiger partial charge in [0.05, 0.1) is 6.42 Å². The van der Waals surface area contributed by atoms with E-state index in [-0.39, 0.29) is 42.6 Å². The minimum atomic E-state index is -1.89. The SMILES string of the molecule is C[C@H](CCC(=O)NNC(=O)OCCSSC[C@H](NC(=O)[C@H](Cc1ccccc1)NC(=O)[C@H](CC(=O)O)NC(=O)CC[C@H](NC(=O)CC[C@H](NC(=O)N[C@@H](CCC(=O)O)C(=O)O)C(=O)O)C(=O)O)C(=O)O)Cc1ccc(O)cc1. The predicted octanol–water partition coefficient (Wildman–Crippen LogP) is -0.0536. The first kappa shape index (κ1) is 65.8. The van der Waals surface area contributed by atoms with E-state index in [1.165, 1.54) is 0 Å². The number of carbonyl (C=O) groups excluding carboxylic acids is 7. The number of carboxylic acids is 6. The first-order valence-electron chi connectivity index (χ1n) is 23.7. The number of rotatable bonds is 36. The fraction of sp³-hybridized carbons (Fsp3) is 0.468. The van der Waals surface area contributed by atoms with Crippen molar-refractivity contribution in [2.75, 3.05) is 18.1 Å². The van der Waals surface area contributed by atoms with Gasteiger partial charge >= 0.3 is 47.9 Å². The van der Waals surface area contributed by atoms with Crippen LogP contribution < -0.4 is 42.8 Å². The van der Waals surface area contributed by atoms with Gasteiger partial charge in [0, 0.05) is 43.6 Å². The molecule has 2 aromatic carbocycles. The number of carbonyl (C=O) groups is 13. The Morgan fingerprint density at radius 3 is 1.51 bits per heavy atom. The highest BCUT2D eigenvalue weighted by Crippen LogP contribution is 2.22. The second-order valence-corrected chi connectivity index (χ2v) is 19.8. The summed E-state index contributed by atoms with van der Waals surface area (Å²) in [4.78, 5) is 160. The summed E-state index contributed by atoms with van der Waals surface area (Å²) in [5.41, 5.74) is 5.84. The van der Waals surface area contributed by atoms with E-state index in [4.69, 9.17) is 9.84 Å². The zero-order valence-corrected chi connectivity index (χ0v) is 43.4. The summed E-state index contributed by atoms with van der Waals surface area (Å²) in [5, 5.41) is 78.9. The van der Waals surface area contributed by atoms with Crippen molar-refractivity contribution in [3.05, 3.63) is 65.7 Å². The van der Waals surface area contributed by atoms with Crippen molar-refractivity contribution in [1.82, 2.24) is 42.8 Å². The zero-order chi connectivity index (χ0) is 58.3. The number of hydrazine groups is 1. The van der Waals surface area contributed by atoms with E-state index in [0.29, 0.717) is 18.4 Å². The Morgan fingerprint density at radius 2 is 0.974 bits per heavy atom. The molecular formula is C47H62N8O21S2. The van der Waals surface area contributed by atoms with E-state index in [0.717, 1.165) is 27.2 Å². The third-order valence-electron chi connectivity index (χ3n) is 10.8. The van der Waals surface area contributed by atoms with Crippen LogP contribution in [0, 0.1) is 5.92 Å². The van der Waals surface area contributed by atoms with Crippen LogP contribution >= 0.6 is 21.6 Å². The number of aromatic hydroxyl groups is 1. The number of hydrogen-bond donors (Lipinski definition) is 15. The molecule has 7 atom stereocenters. The van der Waals surface area contributed by atoms with Gasteiger partial charge in [0.1, 0.15) is 48.6 Å². The maximum Gasteiger partial charge on any atom is 0.426 e. The number of phenols is 1. The molecule has 0 saturated heterocycles. The highest BCUT2D eigenvalue weighted by molar-refractivity contribution is 8.76. The Bertz CT molecular complexity index is 2420. The molecule has 78 heavy (non-hydrogen) atoms. The first-order valence-corrected chi connectivity index (χ1v) is 26.2. The van der Waals surface area contributed by atoms with Crippen molar-refractivity contribution in [2.24, 2.45) is 5.92 Å². The number of carboxylic acid groups (broad SMARTS) is 6. The zero-order valence-electron chi connectivity index (χ0n) is 41.8. The van der Waals surface area contributed by atoms with Gasteiger partial charge in [-0.3, -0.25) is 39.0 Å². The third kappa shape index (κ3) is 28.0. The molecule has 15 N–H and O–H groups in total. The van der Waals surface area contributed by atoms with Crippen molar-refractivity contribution in [1.29, 1.82) is 0 Å². The highest BCUT2D eigenvalue weighted by Gasteiger charge is 2.32. The van der Waals surface area contributed by atoms with Crippen LogP contribution in [0.15, 0.2) is 54.6 Å². The number of nitrogens with one attached hydrogen (secondary N) is 8. The predicted molar refractivity (Wildman–Crippen MR) is 273 cm³/mol. The molecule has 0 aliphatic carbocycles. The second-order valence-electron chi connectivity index (χ2n) is 17.2. The molecule has 31 heteroatoms. The molecule has 0 bridgehead atoms. The molecule has 0 saturated carbocycles. The number of urea groups is 1. The van der Waals surface area contributed by atoms with Crippen molar-refractivity contribution in [3.63, 3.8) is 0 Å². The number of ether oxygens (including phenoxy) is 1. The highest BCUT2D eigenvalue weighted by atomic mass is 33.1. The molecule has 2 aromatic rings. The van der Waals surface area contributed by atoms with Crippen molar-refractivity contribution in [2.45, 2.75) is 114 Å². The van der Waals surface area contributed by atoms with Gasteiger partial charge in [-0.15, -0.1) is 0 Å². The topological polar surface area (TPSA) is 469 Å². The maximum absolute atomic E-state index is 13.7. The summed E-state index contributed by atoms with van der Waals surface area (Å²) in [6.45, 7) is 1.79. The normalized spacial score (nSPS) is 13.4. The lowest BCUT2D eigenvalue weighted by atomic mass is 9.96. The summed E-state index contributed by atoms with van der Waals surface area (Å²) in [6, 6.07) is 3.06. The molecule has 8 amide bonds. The van der Waals surface area contributed by atoms with Crippen LogP contribution in [0.1, 0.15) is 75.8 Å². The second kappa shape index (κ2) is 35.1. The van der Waals surface area contributed by atoms with Crippen LogP contribution in [0.2, 0.25) is 0 Å². The lowest BCUT2D eigenvalue weighted by Crippen LogP contribution is -2.57. The molecule has 29 nitrogen and oxygen atoms in total. The Balaban J connectivity index is 1.95. The fourth-order valence-corrected chi connectivity index (χ4v) is 8.70. The van der Waals surface area contributed by atoms with Gasteiger partial charge in [0.15, 0.2) is 0 Å². The minimum absolute atomic E-state index is 0.115. The summed E-state index contributed by atoms with van der Waals surface area (Å²) >= 11 is 0. The Hall–Kier alpha value is -8.35. The van der Waals surface area contributed by atoms with E-state index in [2.05, 4.69) is 32.1 Å². The Morgan fingerprint density at radius 1 is 0.487 bits per heavy atom. The van der Waals surface area contributed by atoms with Crippen LogP contribution in [0.4, 0.5) is 9.59 Å². The van der Waals surface area contributed by atoms with Gasteiger partial charge in [-0.2, -0.15) is 0 Å². The number of aliphatic carboxylic acids is 6. The van der Waals surface area contributed by atoms with Gasteiger partial charge in [0.25, 0.3) is 0 Å². The number of phenolic OH excluding ortho intramolecular Hbond substituents is 1. The van der Waals surface area contributed by atoms with E-state index < -0.39 is 159 Å². The van der Waals surface area contributed by atoms with Gasteiger partial charge in [-0.25, -0.2) is 34.2 Å². The van der Waals surface area contributed by atoms with Gasteiger partial charge in [-0.05, 0) is 61.3 Å². The van der Waals surface area contributed by atoms with E-state index in [1.54, 1.807) is 54.6 Å². The molecule has 2 rings (SSSR count). The molecule has 0 aliphatic heterocycles. The average molecular weight is 1140 g/mol. The number of amides is 8. The van der Waals surface area contributed by atoms with Crippen molar-refractivity contribution >= 4 is 99.1 Å². The monoisotopic (exact) mass is 1140 g/mol. The lowest BCUT2D eigenvalue weighted by molar-refractivity contribution is -0.143. The molecule has 0 heterocycles. The number of benzene rings is 2. The lowest BCUT2D eigenvalue weighted by Gasteiger charge is -2.24. The maximum atomic E-state index is 13.7. The number of hydrogen-bond acceptors (Lipinski definition) is 17. The van der Waals surface area contributed by atoms with Crippen LogP contribution in [0.3, 0.4) is 0 Å². The smallest absolute Gasteiger partial charge is 0.426 e. The summed E-state index contributed by atoms with van der Waals surface area (Å²) in [6.07, 6.45) is -4.95. The molecule has 0 aromatic heterocycles. The fourth-order valence-electron chi connectivity index (χ4n) is 6.72. The van der Waals surface area contributed by atoms with Gasteiger partial charge < -0.3 is 72.4 Å². The summed E-state index contributed by atoms with van der Waals surface area (Å²) in [7, 11) is 2.06. The molecule has 428 valence electrons. The van der Waals surface area contributed by atoms with Crippen LogP contribution in [-0.4, -0.2) is 168 Å². The van der Waals surface area contributed by atoms with E-state index >= 15 is 0 Å². The van der Waals surface area contributed by atoms with Gasteiger partial charge in [0.2, 0.25) is 29.5 Å². The van der Waals surface area contributed by atoms with E-state index in [9.17, 15) is 93.0 Å².